The van der Waals surface area contributed by atoms with Gasteiger partial charge in [-0.2, -0.15) is 0 Å². The highest BCUT2D eigenvalue weighted by Gasteiger charge is 2.23. The SMILES string of the molecule is Cc1ccc(C(C)(N)c2cncnc2)cc1. The van der Waals surface area contributed by atoms with Crippen LogP contribution in [0.5, 0.6) is 0 Å². The summed E-state index contributed by atoms with van der Waals surface area (Å²) in [5, 5.41) is 0. The predicted octanol–water partition coefficient (Wildman–Crippen LogP) is 2.01. The maximum Gasteiger partial charge on any atom is 0.115 e. The van der Waals surface area contributed by atoms with E-state index in [-0.39, 0.29) is 0 Å². The van der Waals surface area contributed by atoms with Crippen molar-refractivity contribution in [3.63, 3.8) is 0 Å². The summed E-state index contributed by atoms with van der Waals surface area (Å²) in [5.74, 6) is 0. The largest absolute Gasteiger partial charge is 0.318 e. The molecule has 2 aromatic rings. The van der Waals surface area contributed by atoms with E-state index < -0.39 is 5.54 Å². The van der Waals surface area contributed by atoms with Crippen LogP contribution < -0.4 is 5.73 Å². The third kappa shape index (κ3) is 1.95. The van der Waals surface area contributed by atoms with Crippen LogP contribution in [0, 0.1) is 6.92 Å². The number of rotatable bonds is 2. The van der Waals surface area contributed by atoms with Crippen LogP contribution in [0.4, 0.5) is 0 Å². The minimum atomic E-state index is -0.547. The third-order valence-corrected chi connectivity index (χ3v) is 2.81. The molecule has 0 saturated heterocycles. The molecule has 0 aliphatic carbocycles. The molecule has 3 heteroatoms. The van der Waals surface area contributed by atoms with Crippen LogP contribution in [-0.4, -0.2) is 9.97 Å². The Morgan fingerprint density at radius 2 is 1.56 bits per heavy atom. The van der Waals surface area contributed by atoms with E-state index in [1.807, 2.05) is 19.1 Å². The second kappa shape index (κ2) is 4.02. The van der Waals surface area contributed by atoms with Crippen molar-refractivity contribution in [2.24, 2.45) is 5.73 Å². The fourth-order valence-electron chi connectivity index (χ4n) is 1.63. The number of hydrogen-bond acceptors (Lipinski definition) is 3. The average molecular weight is 213 g/mol. The summed E-state index contributed by atoms with van der Waals surface area (Å²) in [5.41, 5.74) is 8.99. The van der Waals surface area contributed by atoms with Crippen LogP contribution in [0.25, 0.3) is 0 Å². The highest BCUT2D eigenvalue weighted by Crippen LogP contribution is 2.25. The summed E-state index contributed by atoms with van der Waals surface area (Å²) in [4.78, 5) is 8.01. The molecule has 0 amide bonds. The zero-order valence-electron chi connectivity index (χ0n) is 9.51. The number of nitrogens with two attached hydrogens (primary N) is 1. The Balaban J connectivity index is 2.43. The molecule has 1 heterocycles. The number of hydrogen-bond donors (Lipinski definition) is 1. The highest BCUT2D eigenvalue weighted by atomic mass is 14.8. The molecule has 2 rings (SSSR count). The minimum absolute atomic E-state index is 0.547. The van der Waals surface area contributed by atoms with Gasteiger partial charge in [0.15, 0.2) is 0 Å². The zero-order chi connectivity index (χ0) is 11.6. The van der Waals surface area contributed by atoms with E-state index in [0.29, 0.717) is 0 Å². The van der Waals surface area contributed by atoms with E-state index in [4.69, 9.17) is 5.73 Å². The summed E-state index contributed by atoms with van der Waals surface area (Å²) < 4.78 is 0. The minimum Gasteiger partial charge on any atom is -0.318 e. The molecule has 16 heavy (non-hydrogen) atoms. The molecular weight excluding hydrogens is 198 g/mol. The van der Waals surface area contributed by atoms with E-state index in [0.717, 1.165) is 11.1 Å². The van der Waals surface area contributed by atoms with E-state index in [1.165, 1.54) is 11.9 Å². The molecule has 0 radical (unpaired) electrons. The monoisotopic (exact) mass is 213 g/mol. The van der Waals surface area contributed by atoms with Gasteiger partial charge in [0.25, 0.3) is 0 Å². The molecule has 0 aliphatic heterocycles. The summed E-state index contributed by atoms with van der Waals surface area (Å²) in [6.07, 6.45) is 5.02. The van der Waals surface area contributed by atoms with Crippen LogP contribution in [0.3, 0.4) is 0 Å². The quantitative estimate of drug-likeness (QED) is 0.830. The number of aromatic nitrogens is 2. The van der Waals surface area contributed by atoms with Gasteiger partial charge in [-0.3, -0.25) is 0 Å². The van der Waals surface area contributed by atoms with Crippen molar-refractivity contribution in [2.45, 2.75) is 19.4 Å². The van der Waals surface area contributed by atoms with Crippen molar-refractivity contribution < 1.29 is 0 Å². The van der Waals surface area contributed by atoms with Crippen molar-refractivity contribution in [3.05, 3.63) is 59.7 Å². The van der Waals surface area contributed by atoms with Gasteiger partial charge in [0.2, 0.25) is 0 Å². The zero-order valence-corrected chi connectivity index (χ0v) is 9.51. The molecule has 1 atom stereocenters. The van der Waals surface area contributed by atoms with Crippen molar-refractivity contribution in [1.82, 2.24) is 9.97 Å². The first-order chi connectivity index (χ1) is 7.60. The lowest BCUT2D eigenvalue weighted by Gasteiger charge is -2.25. The number of nitrogens with zero attached hydrogens (tertiary/aromatic N) is 2. The summed E-state index contributed by atoms with van der Waals surface area (Å²) in [7, 11) is 0. The van der Waals surface area contributed by atoms with Gasteiger partial charge in [-0.25, -0.2) is 9.97 Å². The van der Waals surface area contributed by atoms with E-state index in [9.17, 15) is 0 Å². The van der Waals surface area contributed by atoms with Crippen LogP contribution in [-0.2, 0) is 5.54 Å². The summed E-state index contributed by atoms with van der Waals surface area (Å²) in [6, 6.07) is 8.21. The number of aryl methyl sites for hydroxylation is 1. The second-order valence-electron chi connectivity index (χ2n) is 4.20. The standard InChI is InChI=1S/C13H15N3/c1-10-3-5-11(6-4-10)13(2,14)12-7-15-9-16-8-12/h3-9H,14H2,1-2H3. The van der Waals surface area contributed by atoms with Gasteiger partial charge in [0, 0.05) is 18.0 Å². The molecule has 2 N–H and O–H groups in total. The van der Waals surface area contributed by atoms with Gasteiger partial charge in [0.1, 0.15) is 6.33 Å². The van der Waals surface area contributed by atoms with E-state index in [1.54, 1.807) is 12.4 Å². The lowest BCUT2D eigenvalue weighted by atomic mass is 9.87. The van der Waals surface area contributed by atoms with Crippen molar-refractivity contribution in [1.29, 1.82) is 0 Å². The molecule has 3 nitrogen and oxygen atoms in total. The Morgan fingerprint density at radius 3 is 2.12 bits per heavy atom. The predicted molar refractivity (Wildman–Crippen MR) is 63.9 cm³/mol. The molecule has 0 saturated carbocycles. The second-order valence-corrected chi connectivity index (χ2v) is 4.20. The molecule has 0 aliphatic rings. The summed E-state index contributed by atoms with van der Waals surface area (Å²) in [6.45, 7) is 4.03. The van der Waals surface area contributed by atoms with Gasteiger partial charge in [0.05, 0.1) is 5.54 Å². The average Bonchev–Trinajstić information content (AvgIpc) is 2.31. The molecular formula is C13H15N3. The maximum absolute atomic E-state index is 6.33. The topological polar surface area (TPSA) is 51.8 Å². The molecule has 0 bridgehead atoms. The van der Waals surface area contributed by atoms with Gasteiger partial charge in [-0.05, 0) is 19.4 Å². The first-order valence-corrected chi connectivity index (χ1v) is 5.22. The highest BCUT2D eigenvalue weighted by molar-refractivity contribution is 5.35. The number of benzene rings is 1. The van der Waals surface area contributed by atoms with Crippen molar-refractivity contribution in [3.8, 4) is 0 Å². The smallest absolute Gasteiger partial charge is 0.115 e. The Labute approximate surface area is 95.4 Å². The van der Waals surface area contributed by atoms with Crippen LogP contribution in [0.1, 0.15) is 23.6 Å². The molecule has 0 fully saturated rings. The van der Waals surface area contributed by atoms with Crippen LogP contribution in [0.15, 0.2) is 43.0 Å². The maximum atomic E-state index is 6.33. The molecule has 1 aromatic carbocycles. The normalized spacial score (nSPS) is 14.4. The van der Waals surface area contributed by atoms with Crippen molar-refractivity contribution >= 4 is 0 Å². The molecule has 1 aromatic heterocycles. The molecule has 82 valence electrons. The summed E-state index contributed by atoms with van der Waals surface area (Å²) >= 11 is 0. The Bertz CT molecular complexity index is 460. The fraction of sp³-hybridized carbons (Fsp3) is 0.231. The Morgan fingerprint density at radius 1 is 1.00 bits per heavy atom. The third-order valence-electron chi connectivity index (χ3n) is 2.81. The fourth-order valence-corrected chi connectivity index (χ4v) is 1.63. The Hall–Kier alpha value is -1.74. The van der Waals surface area contributed by atoms with E-state index in [2.05, 4.69) is 29.0 Å². The van der Waals surface area contributed by atoms with E-state index >= 15 is 0 Å². The van der Waals surface area contributed by atoms with Crippen LogP contribution in [0.2, 0.25) is 0 Å². The molecule has 1 unspecified atom stereocenters. The first-order valence-electron chi connectivity index (χ1n) is 5.22. The Kier molecular flexibility index (Phi) is 2.71. The van der Waals surface area contributed by atoms with Gasteiger partial charge >= 0.3 is 0 Å². The van der Waals surface area contributed by atoms with Crippen molar-refractivity contribution in [2.75, 3.05) is 0 Å². The molecule has 0 spiro atoms. The first kappa shape index (κ1) is 10.8. The van der Waals surface area contributed by atoms with Crippen LogP contribution >= 0.6 is 0 Å². The lowest BCUT2D eigenvalue weighted by molar-refractivity contribution is 0.596. The van der Waals surface area contributed by atoms with Gasteiger partial charge < -0.3 is 5.73 Å². The van der Waals surface area contributed by atoms with Gasteiger partial charge in [-0.15, -0.1) is 0 Å². The van der Waals surface area contributed by atoms with Gasteiger partial charge in [-0.1, -0.05) is 29.8 Å². The lowest BCUT2D eigenvalue weighted by Crippen LogP contribution is -2.34.